The van der Waals surface area contributed by atoms with Gasteiger partial charge in [-0.1, -0.05) is 0 Å². The molecule has 0 aliphatic carbocycles. The Hall–Kier alpha value is 1.01. The first-order valence-corrected chi connectivity index (χ1v) is 3.82. The number of aliphatic hydroxyl groups is 1. The predicted octanol–water partition coefficient (Wildman–Crippen LogP) is -1.10. The van der Waals surface area contributed by atoms with E-state index < -0.39 is 6.00 Å². The maximum absolute atomic E-state index is 8.88. The molecule has 0 aromatic rings. The average Bonchev–Trinajstić information content (AvgIpc) is 2.40. The van der Waals surface area contributed by atoms with Crippen LogP contribution in [-0.2, 0) is 46.9 Å². The fourth-order valence-electron chi connectivity index (χ4n) is 1.46. The first-order chi connectivity index (χ1) is 5.74. The van der Waals surface area contributed by atoms with Crippen LogP contribution < -0.4 is 0 Å². The van der Waals surface area contributed by atoms with Crippen LogP contribution in [0.5, 0.6) is 0 Å². The Morgan fingerprint density at radius 3 is 2.23 bits per heavy atom. The molecule has 4 unspecified atom stereocenters. The molecule has 6 heteroatoms. The molecule has 3 radical (unpaired) electrons. The molecule has 1 N–H and O–H groups in total. The number of aliphatic hydroxyl groups excluding tert-OH is 1. The van der Waals surface area contributed by atoms with Gasteiger partial charge in [0, 0.05) is 52.9 Å². The molecule has 0 aromatic carbocycles. The number of hydrogen-bond donors (Lipinski definition) is 1. The van der Waals surface area contributed by atoms with E-state index in [1.165, 1.54) is 0 Å². The maximum atomic E-state index is 8.88. The Bertz CT molecular complexity index is 148. The van der Waals surface area contributed by atoms with E-state index in [1.54, 1.807) is 14.2 Å². The molecule has 0 amide bonds. The van der Waals surface area contributed by atoms with Crippen LogP contribution in [0.3, 0.4) is 0 Å². The average molecular weight is 261 g/mol. The number of hydrogen-bond acceptors (Lipinski definition) is 4. The van der Waals surface area contributed by atoms with Gasteiger partial charge in [-0.15, -0.1) is 0 Å². The molecule has 1 fully saturated rings. The minimum atomic E-state index is -0.517. The standard InChI is InChI=1S/C7H13BO4.Y/c1-10-5-4(3-9)12-7(8)6(5)11-2;/h4-7,9H,3H2,1-2H3;. The molecule has 0 saturated carbocycles. The Balaban J connectivity index is 0.00000144. The fraction of sp³-hybridized carbons (Fsp3) is 1.00. The van der Waals surface area contributed by atoms with E-state index in [-0.39, 0.29) is 57.6 Å². The van der Waals surface area contributed by atoms with Crippen molar-refractivity contribution in [2.75, 3.05) is 20.8 Å². The third kappa shape index (κ3) is 2.98. The van der Waals surface area contributed by atoms with Crippen molar-refractivity contribution in [3.63, 3.8) is 0 Å². The summed E-state index contributed by atoms with van der Waals surface area (Å²) >= 11 is 0. The fourth-order valence-corrected chi connectivity index (χ4v) is 1.46. The molecule has 71 valence electrons. The molecule has 1 aliphatic rings. The summed E-state index contributed by atoms with van der Waals surface area (Å²) in [6, 6.07) is -0.517. The largest absolute Gasteiger partial charge is 0.394 e. The SMILES string of the molecule is [B]C1OC(CO)C(OC)C1OC.[Y]. The molecule has 1 heterocycles. The molecular weight excluding hydrogens is 248 g/mol. The van der Waals surface area contributed by atoms with Crippen molar-refractivity contribution in [3.8, 4) is 0 Å². The van der Waals surface area contributed by atoms with Gasteiger partial charge in [0.2, 0.25) is 0 Å². The summed E-state index contributed by atoms with van der Waals surface area (Å²) in [5, 5.41) is 8.88. The van der Waals surface area contributed by atoms with Crippen molar-refractivity contribution in [1.82, 2.24) is 0 Å². The Morgan fingerprint density at radius 2 is 1.85 bits per heavy atom. The zero-order valence-corrected chi connectivity index (χ0v) is 10.7. The second kappa shape index (κ2) is 6.48. The van der Waals surface area contributed by atoms with E-state index in [4.69, 9.17) is 27.2 Å². The van der Waals surface area contributed by atoms with Crippen LogP contribution in [0.1, 0.15) is 0 Å². The molecule has 1 saturated heterocycles. The molecule has 4 atom stereocenters. The Morgan fingerprint density at radius 1 is 1.31 bits per heavy atom. The van der Waals surface area contributed by atoms with Crippen LogP contribution in [0.4, 0.5) is 0 Å². The normalized spacial score (nSPS) is 38.7. The van der Waals surface area contributed by atoms with Gasteiger partial charge in [0.1, 0.15) is 26.2 Å². The van der Waals surface area contributed by atoms with Crippen molar-refractivity contribution in [3.05, 3.63) is 0 Å². The quantitative estimate of drug-likeness (QED) is 0.655. The van der Waals surface area contributed by atoms with Crippen LogP contribution >= 0.6 is 0 Å². The van der Waals surface area contributed by atoms with Gasteiger partial charge in [0.25, 0.3) is 0 Å². The Labute approximate surface area is 105 Å². The zero-order valence-electron chi connectivity index (χ0n) is 7.84. The van der Waals surface area contributed by atoms with E-state index in [1.807, 2.05) is 0 Å². The van der Waals surface area contributed by atoms with Gasteiger partial charge in [-0.3, -0.25) is 0 Å². The molecule has 0 spiro atoms. The van der Waals surface area contributed by atoms with Gasteiger partial charge in [-0.05, 0) is 0 Å². The van der Waals surface area contributed by atoms with Gasteiger partial charge in [0.15, 0.2) is 0 Å². The van der Waals surface area contributed by atoms with E-state index in [0.717, 1.165) is 0 Å². The minimum absolute atomic E-state index is 0. The molecule has 13 heavy (non-hydrogen) atoms. The first-order valence-electron chi connectivity index (χ1n) is 3.82. The Kier molecular flexibility index (Phi) is 6.99. The van der Waals surface area contributed by atoms with E-state index >= 15 is 0 Å². The van der Waals surface area contributed by atoms with Crippen LogP contribution in [0.15, 0.2) is 0 Å². The molecule has 4 nitrogen and oxygen atoms in total. The molecule has 0 bridgehead atoms. The monoisotopic (exact) mass is 261 g/mol. The smallest absolute Gasteiger partial charge is 0.113 e. The third-order valence-electron chi connectivity index (χ3n) is 2.07. The second-order valence-electron chi connectivity index (χ2n) is 2.72. The van der Waals surface area contributed by atoms with Crippen LogP contribution in [0.25, 0.3) is 0 Å². The predicted molar refractivity (Wildman–Crippen MR) is 43.1 cm³/mol. The summed E-state index contributed by atoms with van der Waals surface area (Å²) in [6.45, 7) is -0.105. The summed E-state index contributed by atoms with van der Waals surface area (Å²) in [4.78, 5) is 0. The summed E-state index contributed by atoms with van der Waals surface area (Å²) in [5.41, 5.74) is 0. The number of rotatable bonds is 3. The van der Waals surface area contributed by atoms with Crippen molar-refractivity contribution in [2.24, 2.45) is 0 Å². The second-order valence-corrected chi connectivity index (χ2v) is 2.72. The van der Waals surface area contributed by atoms with Gasteiger partial charge >= 0.3 is 0 Å². The van der Waals surface area contributed by atoms with Crippen molar-refractivity contribution >= 4 is 7.85 Å². The molecule has 1 rings (SSSR count). The minimum Gasteiger partial charge on any atom is -0.394 e. The van der Waals surface area contributed by atoms with Gasteiger partial charge < -0.3 is 19.3 Å². The van der Waals surface area contributed by atoms with E-state index in [2.05, 4.69) is 0 Å². The summed E-state index contributed by atoms with van der Waals surface area (Å²) < 4.78 is 15.4. The van der Waals surface area contributed by atoms with Crippen molar-refractivity contribution in [1.29, 1.82) is 0 Å². The van der Waals surface area contributed by atoms with Gasteiger partial charge in [-0.25, -0.2) is 0 Å². The molecular formula is C7H13BO4Y. The van der Waals surface area contributed by atoms with Crippen LogP contribution in [0.2, 0.25) is 0 Å². The summed E-state index contributed by atoms with van der Waals surface area (Å²) in [6.07, 6.45) is -0.961. The van der Waals surface area contributed by atoms with E-state index in [0.29, 0.717) is 0 Å². The number of methoxy groups -OCH3 is 2. The maximum Gasteiger partial charge on any atom is 0.113 e. The van der Waals surface area contributed by atoms with Crippen LogP contribution in [0, 0.1) is 0 Å². The molecule has 0 aromatic heterocycles. The first kappa shape index (κ1) is 14.0. The van der Waals surface area contributed by atoms with Crippen molar-refractivity contribution < 1.29 is 52.0 Å². The van der Waals surface area contributed by atoms with Gasteiger partial charge in [-0.2, -0.15) is 0 Å². The third-order valence-corrected chi connectivity index (χ3v) is 2.07. The number of ether oxygens (including phenoxy) is 3. The molecule has 1 aliphatic heterocycles. The summed E-state index contributed by atoms with van der Waals surface area (Å²) in [7, 11) is 8.67. The van der Waals surface area contributed by atoms with E-state index in [9.17, 15) is 0 Å². The van der Waals surface area contributed by atoms with Crippen LogP contribution in [-0.4, -0.2) is 58.1 Å². The topological polar surface area (TPSA) is 47.9 Å². The van der Waals surface area contributed by atoms with Gasteiger partial charge in [0.05, 0.1) is 6.61 Å². The van der Waals surface area contributed by atoms with Crippen molar-refractivity contribution in [2.45, 2.75) is 24.3 Å². The summed E-state index contributed by atoms with van der Waals surface area (Å²) in [5.74, 6) is 0. The zero-order chi connectivity index (χ0) is 9.14.